The molecule has 1 N–H and O–H groups in total. The van der Waals surface area contributed by atoms with Crippen LogP contribution in [0, 0.1) is 0 Å². The Labute approximate surface area is 123 Å². The summed E-state index contributed by atoms with van der Waals surface area (Å²) in [4.78, 5) is 0. The molecule has 1 aromatic heterocycles. The third-order valence-electron chi connectivity index (χ3n) is 3.29. The van der Waals surface area contributed by atoms with Crippen molar-refractivity contribution in [1.82, 2.24) is 15.1 Å². The molecule has 1 heterocycles. The molecule has 0 saturated carbocycles. The number of hydrogen-bond donors (Lipinski definition) is 1. The summed E-state index contributed by atoms with van der Waals surface area (Å²) in [5, 5.41) is 7.63. The second-order valence-corrected chi connectivity index (χ2v) is 5.54. The molecule has 0 aliphatic carbocycles. The normalized spacial score (nSPS) is 12.6. The summed E-state index contributed by atoms with van der Waals surface area (Å²) in [5.74, 6) is 0.454. The molecule has 0 aliphatic heterocycles. The molecule has 0 aliphatic rings. The largest absolute Gasteiger partial charge is 0.319 e. The molecule has 0 spiro atoms. The summed E-state index contributed by atoms with van der Waals surface area (Å²) in [5.41, 5.74) is 2.64. The zero-order valence-corrected chi connectivity index (χ0v) is 13.0. The van der Waals surface area contributed by atoms with Crippen molar-refractivity contribution < 1.29 is 0 Å². The smallest absolute Gasteiger partial charge is 0.0521 e. The monoisotopic (exact) mass is 321 g/mol. The molecule has 0 bridgehead atoms. The average molecular weight is 322 g/mol. The first-order valence-electron chi connectivity index (χ1n) is 6.65. The van der Waals surface area contributed by atoms with Crippen LogP contribution in [0.4, 0.5) is 0 Å². The standard InChI is InChI=1S/C15H20BrN3/c1-3-19-11-12(9-18-19)8-13(10-17-2)14-6-4-5-7-15(14)16/h4-7,9,11,13,17H,3,8,10H2,1-2H3. The number of hydrogen-bond acceptors (Lipinski definition) is 2. The maximum Gasteiger partial charge on any atom is 0.0521 e. The van der Waals surface area contributed by atoms with E-state index in [2.05, 4.69) is 63.7 Å². The van der Waals surface area contributed by atoms with Gasteiger partial charge in [0, 0.05) is 29.7 Å². The van der Waals surface area contributed by atoms with Crippen molar-refractivity contribution in [2.45, 2.75) is 25.8 Å². The lowest BCUT2D eigenvalue weighted by Gasteiger charge is -2.17. The molecule has 1 atom stereocenters. The number of benzene rings is 1. The molecule has 0 saturated heterocycles. The lowest BCUT2D eigenvalue weighted by Crippen LogP contribution is -2.19. The lowest BCUT2D eigenvalue weighted by atomic mass is 9.93. The van der Waals surface area contributed by atoms with Gasteiger partial charge in [-0.2, -0.15) is 5.10 Å². The summed E-state index contributed by atoms with van der Waals surface area (Å²) >= 11 is 3.65. The fraction of sp³-hybridized carbons (Fsp3) is 0.400. The van der Waals surface area contributed by atoms with E-state index in [1.807, 2.05) is 17.9 Å². The second-order valence-electron chi connectivity index (χ2n) is 4.68. The number of nitrogens with one attached hydrogen (secondary N) is 1. The number of aryl methyl sites for hydroxylation is 1. The van der Waals surface area contributed by atoms with Gasteiger partial charge < -0.3 is 5.32 Å². The van der Waals surface area contributed by atoms with E-state index >= 15 is 0 Å². The van der Waals surface area contributed by atoms with E-state index in [-0.39, 0.29) is 0 Å². The molecule has 0 fully saturated rings. The van der Waals surface area contributed by atoms with E-state index in [0.29, 0.717) is 5.92 Å². The van der Waals surface area contributed by atoms with Gasteiger partial charge in [0.2, 0.25) is 0 Å². The van der Waals surface area contributed by atoms with Gasteiger partial charge in [-0.25, -0.2) is 0 Å². The molecule has 4 heteroatoms. The van der Waals surface area contributed by atoms with Crippen LogP contribution in [-0.2, 0) is 13.0 Å². The van der Waals surface area contributed by atoms with Crippen molar-refractivity contribution in [3.8, 4) is 0 Å². The van der Waals surface area contributed by atoms with Crippen LogP contribution >= 0.6 is 15.9 Å². The van der Waals surface area contributed by atoms with E-state index in [0.717, 1.165) is 19.5 Å². The summed E-state index contributed by atoms with van der Waals surface area (Å²) in [7, 11) is 2.00. The van der Waals surface area contributed by atoms with Crippen molar-refractivity contribution in [2.75, 3.05) is 13.6 Å². The van der Waals surface area contributed by atoms with Crippen LogP contribution in [0.5, 0.6) is 0 Å². The minimum atomic E-state index is 0.454. The zero-order chi connectivity index (χ0) is 13.7. The average Bonchev–Trinajstić information content (AvgIpc) is 2.87. The molecule has 3 nitrogen and oxygen atoms in total. The van der Waals surface area contributed by atoms with Gasteiger partial charge in [0.25, 0.3) is 0 Å². The Bertz CT molecular complexity index is 522. The van der Waals surface area contributed by atoms with Gasteiger partial charge in [0.05, 0.1) is 6.20 Å². The summed E-state index contributed by atoms with van der Waals surface area (Å²) in [6, 6.07) is 8.45. The van der Waals surface area contributed by atoms with Crippen LogP contribution in [0.1, 0.15) is 24.0 Å². The molecule has 0 amide bonds. The van der Waals surface area contributed by atoms with Crippen LogP contribution < -0.4 is 5.32 Å². The number of nitrogens with zero attached hydrogens (tertiary/aromatic N) is 2. The highest BCUT2D eigenvalue weighted by molar-refractivity contribution is 9.10. The Morgan fingerprint density at radius 2 is 2.16 bits per heavy atom. The predicted octanol–water partition coefficient (Wildman–Crippen LogP) is 3.21. The topological polar surface area (TPSA) is 29.9 Å². The fourth-order valence-electron chi connectivity index (χ4n) is 2.31. The number of halogens is 1. The predicted molar refractivity (Wildman–Crippen MR) is 82.4 cm³/mol. The van der Waals surface area contributed by atoms with Crippen LogP contribution in [0.2, 0.25) is 0 Å². The van der Waals surface area contributed by atoms with Crippen molar-refractivity contribution in [1.29, 1.82) is 0 Å². The number of rotatable bonds is 6. The van der Waals surface area contributed by atoms with E-state index in [9.17, 15) is 0 Å². The fourth-order valence-corrected chi connectivity index (χ4v) is 2.92. The maximum atomic E-state index is 4.35. The maximum absolute atomic E-state index is 4.35. The highest BCUT2D eigenvalue weighted by Crippen LogP contribution is 2.27. The van der Waals surface area contributed by atoms with E-state index in [1.54, 1.807) is 0 Å². The molecule has 2 rings (SSSR count). The van der Waals surface area contributed by atoms with Gasteiger partial charge in [-0.15, -0.1) is 0 Å². The minimum absolute atomic E-state index is 0.454. The highest BCUT2D eigenvalue weighted by Gasteiger charge is 2.15. The Hall–Kier alpha value is -1.13. The third kappa shape index (κ3) is 3.67. The molecule has 19 heavy (non-hydrogen) atoms. The number of aromatic nitrogens is 2. The van der Waals surface area contributed by atoms with Gasteiger partial charge in [0.1, 0.15) is 0 Å². The van der Waals surface area contributed by atoms with Crippen LogP contribution in [0.15, 0.2) is 41.1 Å². The Morgan fingerprint density at radius 1 is 1.37 bits per heavy atom. The molecule has 0 radical (unpaired) electrons. The van der Waals surface area contributed by atoms with E-state index < -0.39 is 0 Å². The quantitative estimate of drug-likeness (QED) is 0.885. The van der Waals surface area contributed by atoms with Gasteiger partial charge in [-0.05, 0) is 37.6 Å². The molecular weight excluding hydrogens is 302 g/mol. The first-order valence-corrected chi connectivity index (χ1v) is 7.44. The molecular formula is C15H20BrN3. The van der Waals surface area contributed by atoms with Crippen LogP contribution in [-0.4, -0.2) is 23.4 Å². The van der Waals surface area contributed by atoms with Gasteiger partial charge in [0.15, 0.2) is 0 Å². The van der Waals surface area contributed by atoms with E-state index in [4.69, 9.17) is 0 Å². The van der Waals surface area contributed by atoms with Gasteiger partial charge in [-0.1, -0.05) is 34.1 Å². The van der Waals surface area contributed by atoms with E-state index in [1.165, 1.54) is 15.6 Å². The Kier molecular flexibility index (Phi) is 5.16. The van der Waals surface area contributed by atoms with Crippen LogP contribution in [0.3, 0.4) is 0 Å². The van der Waals surface area contributed by atoms with Gasteiger partial charge >= 0.3 is 0 Å². The van der Waals surface area contributed by atoms with Crippen molar-refractivity contribution in [3.05, 3.63) is 52.3 Å². The van der Waals surface area contributed by atoms with Crippen molar-refractivity contribution >= 4 is 15.9 Å². The SMILES string of the molecule is CCn1cc(CC(CNC)c2ccccc2Br)cn1. The summed E-state index contributed by atoms with van der Waals surface area (Å²) in [6.45, 7) is 3.99. The van der Waals surface area contributed by atoms with Crippen molar-refractivity contribution in [3.63, 3.8) is 0 Å². The molecule has 2 aromatic rings. The summed E-state index contributed by atoms with van der Waals surface area (Å²) < 4.78 is 3.16. The zero-order valence-electron chi connectivity index (χ0n) is 11.4. The third-order valence-corrected chi connectivity index (χ3v) is 4.01. The second kappa shape index (κ2) is 6.87. The first kappa shape index (κ1) is 14.3. The highest BCUT2D eigenvalue weighted by atomic mass is 79.9. The summed E-state index contributed by atoms with van der Waals surface area (Å²) in [6.07, 6.45) is 5.12. The molecule has 102 valence electrons. The number of likely N-dealkylation sites (N-methyl/N-ethyl adjacent to an activating group) is 1. The lowest BCUT2D eigenvalue weighted by molar-refractivity contribution is 0.621. The van der Waals surface area contributed by atoms with Gasteiger partial charge in [-0.3, -0.25) is 4.68 Å². The minimum Gasteiger partial charge on any atom is -0.319 e. The van der Waals surface area contributed by atoms with Crippen LogP contribution in [0.25, 0.3) is 0 Å². The first-order chi connectivity index (χ1) is 9.24. The molecule has 1 unspecified atom stereocenters. The Morgan fingerprint density at radius 3 is 2.79 bits per heavy atom. The Balaban J connectivity index is 2.18. The molecule has 1 aromatic carbocycles. The van der Waals surface area contributed by atoms with Crippen molar-refractivity contribution in [2.24, 2.45) is 0 Å².